The molecule has 1 aromatic carbocycles. The second kappa shape index (κ2) is 6.12. The lowest BCUT2D eigenvalue weighted by Gasteiger charge is -2.09. The van der Waals surface area contributed by atoms with Crippen molar-refractivity contribution in [3.63, 3.8) is 0 Å². The van der Waals surface area contributed by atoms with Crippen LogP contribution in [0.3, 0.4) is 0 Å². The van der Waals surface area contributed by atoms with Crippen LogP contribution >= 0.6 is 15.9 Å². The molecule has 2 nitrogen and oxygen atoms in total. The summed E-state index contributed by atoms with van der Waals surface area (Å²) in [5, 5.41) is 3.45. The maximum atomic E-state index is 4.15. The maximum Gasteiger partial charge on any atom is 0.0315 e. The predicted octanol–water partition coefficient (Wildman–Crippen LogP) is 3.75. The summed E-state index contributed by atoms with van der Waals surface area (Å²) in [5.74, 6) is 0. The number of rotatable bonds is 4. The molecule has 3 heteroatoms. The standard InChI is InChI=1S/C15H17BrN2/c1-11-3-4-13(15(16)7-11)8-18-10-14-9-17-6-5-12(14)2/h3-7,9,18H,8,10H2,1-2H3. The molecule has 2 aromatic rings. The number of nitrogens with one attached hydrogen (secondary N) is 1. The van der Waals surface area contributed by atoms with Crippen LogP contribution in [0.15, 0.2) is 41.1 Å². The molecule has 1 heterocycles. The third kappa shape index (κ3) is 3.40. The molecule has 94 valence electrons. The summed E-state index contributed by atoms with van der Waals surface area (Å²) >= 11 is 3.60. The Morgan fingerprint density at radius 2 is 1.89 bits per heavy atom. The average Bonchev–Trinajstić information content (AvgIpc) is 2.34. The monoisotopic (exact) mass is 304 g/mol. The van der Waals surface area contributed by atoms with E-state index >= 15 is 0 Å². The number of hydrogen-bond donors (Lipinski definition) is 1. The lowest BCUT2D eigenvalue weighted by Crippen LogP contribution is -2.14. The van der Waals surface area contributed by atoms with E-state index in [0.717, 1.165) is 17.6 Å². The highest BCUT2D eigenvalue weighted by Gasteiger charge is 2.01. The van der Waals surface area contributed by atoms with Gasteiger partial charge in [0.1, 0.15) is 0 Å². The van der Waals surface area contributed by atoms with Gasteiger partial charge in [0, 0.05) is 30.0 Å². The summed E-state index contributed by atoms with van der Waals surface area (Å²) < 4.78 is 1.16. The first-order valence-electron chi connectivity index (χ1n) is 6.02. The van der Waals surface area contributed by atoms with Crippen molar-refractivity contribution >= 4 is 15.9 Å². The minimum Gasteiger partial charge on any atom is -0.309 e. The molecular weight excluding hydrogens is 288 g/mol. The van der Waals surface area contributed by atoms with E-state index in [1.807, 2.05) is 18.5 Å². The molecule has 0 spiro atoms. The number of pyridine rings is 1. The Hall–Kier alpha value is -1.19. The van der Waals surface area contributed by atoms with E-state index in [9.17, 15) is 0 Å². The molecule has 0 aliphatic rings. The molecule has 2 rings (SSSR count). The molecular formula is C15H17BrN2. The predicted molar refractivity (Wildman–Crippen MR) is 78.4 cm³/mol. The molecule has 0 atom stereocenters. The van der Waals surface area contributed by atoms with Gasteiger partial charge in [0.15, 0.2) is 0 Å². The Morgan fingerprint density at radius 3 is 2.61 bits per heavy atom. The van der Waals surface area contributed by atoms with Crippen LogP contribution < -0.4 is 5.32 Å². The third-order valence-electron chi connectivity index (χ3n) is 2.99. The Balaban J connectivity index is 1.95. The Kier molecular flexibility index (Phi) is 4.50. The number of halogens is 1. The molecule has 1 N–H and O–H groups in total. The quantitative estimate of drug-likeness (QED) is 0.930. The zero-order valence-electron chi connectivity index (χ0n) is 10.7. The maximum absolute atomic E-state index is 4.15. The third-order valence-corrected chi connectivity index (χ3v) is 3.73. The number of aromatic nitrogens is 1. The fraction of sp³-hybridized carbons (Fsp3) is 0.267. The second-order valence-corrected chi connectivity index (χ2v) is 5.35. The van der Waals surface area contributed by atoms with E-state index in [0.29, 0.717) is 0 Å². The number of hydrogen-bond acceptors (Lipinski definition) is 2. The van der Waals surface area contributed by atoms with Crippen LogP contribution in [0.4, 0.5) is 0 Å². The van der Waals surface area contributed by atoms with Crippen LogP contribution in [0.5, 0.6) is 0 Å². The van der Waals surface area contributed by atoms with Crippen LogP contribution in [0.2, 0.25) is 0 Å². The zero-order valence-corrected chi connectivity index (χ0v) is 12.3. The lowest BCUT2D eigenvalue weighted by atomic mass is 10.1. The van der Waals surface area contributed by atoms with Gasteiger partial charge >= 0.3 is 0 Å². The van der Waals surface area contributed by atoms with Gasteiger partial charge in [-0.05, 0) is 48.2 Å². The summed E-state index contributed by atoms with van der Waals surface area (Å²) in [4.78, 5) is 4.15. The summed E-state index contributed by atoms with van der Waals surface area (Å²) in [6.45, 7) is 5.91. The van der Waals surface area contributed by atoms with Crippen molar-refractivity contribution in [2.75, 3.05) is 0 Å². The van der Waals surface area contributed by atoms with Crippen molar-refractivity contribution in [3.8, 4) is 0 Å². The van der Waals surface area contributed by atoms with Crippen molar-refractivity contribution in [2.24, 2.45) is 0 Å². The summed E-state index contributed by atoms with van der Waals surface area (Å²) in [6.07, 6.45) is 3.75. The molecule has 1 aromatic heterocycles. The minimum atomic E-state index is 0.847. The molecule has 0 amide bonds. The highest BCUT2D eigenvalue weighted by Crippen LogP contribution is 2.18. The van der Waals surface area contributed by atoms with Crippen molar-refractivity contribution in [2.45, 2.75) is 26.9 Å². The molecule has 0 saturated heterocycles. The Labute approximate surface area is 117 Å². The second-order valence-electron chi connectivity index (χ2n) is 4.50. The van der Waals surface area contributed by atoms with Crippen LogP contribution in [0, 0.1) is 13.8 Å². The first kappa shape index (κ1) is 13.2. The molecule has 0 aliphatic heterocycles. The van der Waals surface area contributed by atoms with E-state index in [4.69, 9.17) is 0 Å². The number of benzene rings is 1. The fourth-order valence-corrected chi connectivity index (χ4v) is 2.44. The smallest absolute Gasteiger partial charge is 0.0315 e. The van der Waals surface area contributed by atoms with Gasteiger partial charge < -0.3 is 5.32 Å². The molecule has 0 radical (unpaired) electrons. The molecule has 0 bridgehead atoms. The van der Waals surface area contributed by atoms with Gasteiger partial charge in [-0.3, -0.25) is 4.98 Å². The van der Waals surface area contributed by atoms with Crippen molar-refractivity contribution in [3.05, 3.63) is 63.4 Å². The van der Waals surface area contributed by atoms with E-state index < -0.39 is 0 Å². The minimum absolute atomic E-state index is 0.847. The van der Waals surface area contributed by atoms with Crippen molar-refractivity contribution in [1.29, 1.82) is 0 Å². The summed E-state index contributed by atoms with van der Waals surface area (Å²) in [5.41, 5.74) is 5.08. The first-order chi connectivity index (χ1) is 8.66. The fourth-order valence-electron chi connectivity index (χ4n) is 1.81. The van der Waals surface area contributed by atoms with E-state index in [2.05, 4.69) is 58.3 Å². The van der Waals surface area contributed by atoms with Gasteiger partial charge in [-0.25, -0.2) is 0 Å². The summed E-state index contributed by atoms with van der Waals surface area (Å²) in [6, 6.07) is 8.48. The molecule has 0 unspecified atom stereocenters. The highest BCUT2D eigenvalue weighted by atomic mass is 79.9. The zero-order chi connectivity index (χ0) is 13.0. The van der Waals surface area contributed by atoms with Crippen LogP contribution in [0.1, 0.15) is 22.3 Å². The van der Waals surface area contributed by atoms with E-state index in [1.54, 1.807) is 0 Å². The largest absolute Gasteiger partial charge is 0.309 e. The van der Waals surface area contributed by atoms with Gasteiger partial charge in [-0.15, -0.1) is 0 Å². The van der Waals surface area contributed by atoms with E-state index in [1.165, 1.54) is 22.3 Å². The SMILES string of the molecule is Cc1ccc(CNCc2cnccc2C)c(Br)c1. The van der Waals surface area contributed by atoms with Crippen LogP contribution in [-0.4, -0.2) is 4.98 Å². The molecule has 18 heavy (non-hydrogen) atoms. The van der Waals surface area contributed by atoms with Gasteiger partial charge in [0.05, 0.1) is 0 Å². The topological polar surface area (TPSA) is 24.9 Å². The van der Waals surface area contributed by atoms with Gasteiger partial charge in [0.25, 0.3) is 0 Å². The van der Waals surface area contributed by atoms with Crippen molar-refractivity contribution in [1.82, 2.24) is 10.3 Å². The number of aryl methyl sites for hydroxylation is 2. The highest BCUT2D eigenvalue weighted by molar-refractivity contribution is 9.10. The number of nitrogens with zero attached hydrogens (tertiary/aromatic N) is 1. The molecule has 0 aliphatic carbocycles. The van der Waals surface area contributed by atoms with Crippen LogP contribution in [0.25, 0.3) is 0 Å². The van der Waals surface area contributed by atoms with Gasteiger partial charge in [-0.1, -0.05) is 28.1 Å². The normalized spacial score (nSPS) is 10.6. The van der Waals surface area contributed by atoms with Crippen molar-refractivity contribution < 1.29 is 0 Å². The van der Waals surface area contributed by atoms with E-state index in [-0.39, 0.29) is 0 Å². The average molecular weight is 305 g/mol. The lowest BCUT2D eigenvalue weighted by molar-refractivity contribution is 0.686. The van der Waals surface area contributed by atoms with Gasteiger partial charge in [-0.2, -0.15) is 0 Å². The Morgan fingerprint density at radius 1 is 1.11 bits per heavy atom. The molecule has 0 saturated carbocycles. The van der Waals surface area contributed by atoms with Gasteiger partial charge in [0.2, 0.25) is 0 Å². The van der Waals surface area contributed by atoms with Crippen LogP contribution in [-0.2, 0) is 13.1 Å². The first-order valence-corrected chi connectivity index (χ1v) is 6.81. The summed E-state index contributed by atoms with van der Waals surface area (Å²) in [7, 11) is 0. The Bertz CT molecular complexity index is 538. The molecule has 0 fully saturated rings.